The van der Waals surface area contributed by atoms with Gasteiger partial charge in [0.25, 0.3) is 0 Å². The van der Waals surface area contributed by atoms with Crippen molar-refractivity contribution >= 4 is 0 Å². The highest BCUT2D eigenvalue weighted by atomic mass is 15.2. The number of nitrogens with one attached hydrogen (secondary N) is 1. The molecule has 0 aromatic carbocycles. The minimum absolute atomic E-state index is 0.578. The lowest BCUT2D eigenvalue weighted by atomic mass is 9.73. The van der Waals surface area contributed by atoms with E-state index in [0.29, 0.717) is 11.5 Å². The lowest BCUT2D eigenvalue weighted by Gasteiger charge is -2.43. The molecule has 3 fully saturated rings. The smallest absolute Gasteiger partial charge is 0.0124 e. The quantitative estimate of drug-likeness (QED) is 0.817. The van der Waals surface area contributed by atoms with Gasteiger partial charge in [-0.15, -0.1) is 0 Å². The highest BCUT2D eigenvalue weighted by Gasteiger charge is 2.41. The average Bonchev–Trinajstić information content (AvgIpc) is 2.90. The summed E-state index contributed by atoms with van der Waals surface area (Å²) in [5.41, 5.74) is 0.578. The highest BCUT2D eigenvalue weighted by molar-refractivity contribution is 4.95. The number of hydrogen-bond donors (Lipinski definition) is 1. The topological polar surface area (TPSA) is 15.3 Å². The Morgan fingerprint density at radius 2 is 1.76 bits per heavy atom. The molecule has 1 saturated heterocycles. The van der Waals surface area contributed by atoms with Crippen LogP contribution in [0.4, 0.5) is 0 Å². The van der Waals surface area contributed by atoms with Crippen molar-refractivity contribution in [1.29, 1.82) is 0 Å². The number of likely N-dealkylation sites (tertiary alicyclic amines) is 1. The number of rotatable bonds is 5. The summed E-state index contributed by atoms with van der Waals surface area (Å²) < 4.78 is 0. The minimum atomic E-state index is 0.578. The van der Waals surface area contributed by atoms with Crippen molar-refractivity contribution in [2.24, 2.45) is 11.3 Å². The van der Waals surface area contributed by atoms with Crippen LogP contribution >= 0.6 is 0 Å². The second-order valence-corrected chi connectivity index (χ2v) is 8.47. The highest BCUT2D eigenvalue weighted by Crippen LogP contribution is 2.42. The third-order valence-corrected chi connectivity index (χ3v) is 6.46. The number of fused-ring (bicyclic) bond motifs is 1. The van der Waals surface area contributed by atoms with Crippen LogP contribution < -0.4 is 5.32 Å². The minimum Gasteiger partial charge on any atom is -0.314 e. The molecule has 0 bridgehead atoms. The first-order valence-electron chi connectivity index (χ1n) is 9.66. The lowest BCUT2D eigenvalue weighted by molar-refractivity contribution is 0.0762. The van der Waals surface area contributed by atoms with Crippen LogP contribution in [0.1, 0.15) is 78.1 Å². The second-order valence-electron chi connectivity index (χ2n) is 8.47. The number of nitrogens with zero attached hydrogens (tertiary/aromatic N) is 1. The summed E-state index contributed by atoms with van der Waals surface area (Å²) in [5.74, 6) is 1.04. The maximum Gasteiger partial charge on any atom is 0.0124 e. The van der Waals surface area contributed by atoms with Crippen LogP contribution in [0.2, 0.25) is 0 Å². The standard InChI is InChI=1S/C19H36N2/c1-16(2)20-14-19(11-6-3-7-12-19)15-21-13-10-17-8-4-5-9-18(17)21/h16-18,20H,3-15H2,1-2H3. The van der Waals surface area contributed by atoms with Crippen molar-refractivity contribution in [2.45, 2.75) is 90.1 Å². The Bertz CT molecular complexity index is 320. The summed E-state index contributed by atoms with van der Waals surface area (Å²) >= 11 is 0. The molecule has 21 heavy (non-hydrogen) atoms. The normalized spacial score (nSPS) is 33.3. The van der Waals surface area contributed by atoms with Crippen LogP contribution in [-0.4, -0.2) is 36.6 Å². The van der Waals surface area contributed by atoms with Crippen molar-refractivity contribution in [3.05, 3.63) is 0 Å². The van der Waals surface area contributed by atoms with Gasteiger partial charge in [-0.3, -0.25) is 4.90 Å². The monoisotopic (exact) mass is 292 g/mol. The molecule has 3 aliphatic rings. The first-order valence-corrected chi connectivity index (χ1v) is 9.66. The van der Waals surface area contributed by atoms with E-state index < -0.39 is 0 Å². The van der Waals surface area contributed by atoms with E-state index in [9.17, 15) is 0 Å². The van der Waals surface area contributed by atoms with Gasteiger partial charge >= 0.3 is 0 Å². The summed E-state index contributed by atoms with van der Waals surface area (Å²) in [7, 11) is 0. The molecule has 122 valence electrons. The molecular weight excluding hydrogens is 256 g/mol. The van der Waals surface area contributed by atoms with E-state index in [-0.39, 0.29) is 0 Å². The Kier molecular flexibility index (Phi) is 5.27. The average molecular weight is 293 g/mol. The zero-order chi connectivity index (χ0) is 14.7. The molecule has 2 saturated carbocycles. The Balaban J connectivity index is 1.63. The number of hydrogen-bond acceptors (Lipinski definition) is 2. The van der Waals surface area contributed by atoms with Crippen molar-refractivity contribution in [1.82, 2.24) is 10.2 Å². The predicted molar refractivity (Wildman–Crippen MR) is 90.6 cm³/mol. The predicted octanol–water partition coefficient (Wildman–Crippen LogP) is 4.20. The Hall–Kier alpha value is -0.0800. The molecule has 1 aliphatic heterocycles. The van der Waals surface area contributed by atoms with Crippen LogP contribution in [0.15, 0.2) is 0 Å². The van der Waals surface area contributed by atoms with Gasteiger partial charge < -0.3 is 5.32 Å². The summed E-state index contributed by atoms with van der Waals surface area (Å²) in [6.07, 6.45) is 14.8. The van der Waals surface area contributed by atoms with Crippen molar-refractivity contribution in [3.8, 4) is 0 Å². The van der Waals surface area contributed by atoms with Crippen molar-refractivity contribution < 1.29 is 0 Å². The van der Waals surface area contributed by atoms with Gasteiger partial charge in [-0.1, -0.05) is 46.0 Å². The van der Waals surface area contributed by atoms with E-state index in [1.165, 1.54) is 83.8 Å². The zero-order valence-electron chi connectivity index (χ0n) is 14.4. The van der Waals surface area contributed by atoms with E-state index >= 15 is 0 Å². The fourth-order valence-corrected chi connectivity index (χ4v) is 5.24. The summed E-state index contributed by atoms with van der Waals surface area (Å²) in [4.78, 5) is 2.91. The largest absolute Gasteiger partial charge is 0.314 e. The van der Waals surface area contributed by atoms with E-state index in [2.05, 4.69) is 24.1 Å². The molecule has 1 N–H and O–H groups in total. The van der Waals surface area contributed by atoms with Crippen molar-refractivity contribution in [3.63, 3.8) is 0 Å². The van der Waals surface area contributed by atoms with Gasteiger partial charge in [0.2, 0.25) is 0 Å². The van der Waals surface area contributed by atoms with Gasteiger partial charge in [0.1, 0.15) is 0 Å². The van der Waals surface area contributed by atoms with Crippen LogP contribution in [0.3, 0.4) is 0 Å². The molecule has 0 aromatic heterocycles. The molecular formula is C19H36N2. The molecule has 2 nitrogen and oxygen atoms in total. The van der Waals surface area contributed by atoms with E-state index in [0.717, 1.165) is 12.0 Å². The third-order valence-electron chi connectivity index (χ3n) is 6.46. The summed E-state index contributed by atoms with van der Waals surface area (Å²) in [5, 5.41) is 3.78. The van der Waals surface area contributed by atoms with Gasteiger partial charge in [-0.05, 0) is 50.0 Å². The SMILES string of the molecule is CC(C)NCC1(CN2CCC3CCCCC32)CCCCC1. The molecule has 0 spiro atoms. The second kappa shape index (κ2) is 7.00. The van der Waals surface area contributed by atoms with Gasteiger partial charge in [-0.25, -0.2) is 0 Å². The van der Waals surface area contributed by atoms with Crippen LogP contribution in [0.5, 0.6) is 0 Å². The molecule has 0 radical (unpaired) electrons. The van der Waals surface area contributed by atoms with Crippen molar-refractivity contribution in [2.75, 3.05) is 19.6 Å². The molecule has 2 heteroatoms. The van der Waals surface area contributed by atoms with Gasteiger partial charge in [0, 0.05) is 25.2 Å². The first-order chi connectivity index (χ1) is 10.2. The summed E-state index contributed by atoms with van der Waals surface area (Å²) in [6.45, 7) is 8.61. The van der Waals surface area contributed by atoms with Crippen LogP contribution in [0, 0.1) is 11.3 Å². The maximum atomic E-state index is 3.78. The van der Waals surface area contributed by atoms with Crippen LogP contribution in [-0.2, 0) is 0 Å². The maximum absolute atomic E-state index is 3.78. The van der Waals surface area contributed by atoms with Crippen LogP contribution in [0.25, 0.3) is 0 Å². The zero-order valence-corrected chi connectivity index (χ0v) is 14.4. The Morgan fingerprint density at radius 1 is 1.00 bits per heavy atom. The molecule has 0 amide bonds. The molecule has 1 heterocycles. The lowest BCUT2D eigenvalue weighted by Crippen LogP contribution is -2.48. The van der Waals surface area contributed by atoms with E-state index in [1.54, 1.807) is 0 Å². The fraction of sp³-hybridized carbons (Fsp3) is 1.00. The fourth-order valence-electron chi connectivity index (χ4n) is 5.24. The van der Waals surface area contributed by atoms with Gasteiger partial charge in [-0.2, -0.15) is 0 Å². The first kappa shape index (κ1) is 15.8. The van der Waals surface area contributed by atoms with Gasteiger partial charge in [0.05, 0.1) is 0 Å². The Morgan fingerprint density at radius 3 is 2.52 bits per heavy atom. The van der Waals surface area contributed by atoms with E-state index in [1.807, 2.05) is 0 Å². The molecule has 2 aliphatic carbocycles. The Labute approximate surface area is 132 Å². The molecule has 2 atom stereocenters. The summed E-state index contributed by atoms with van der Waals surface area (Å²) in [6, 6.07) is 1.57. The molecule has 0 aromatic rings. The molecule has 2 unspecified atom stereocenters. The molecule has 3 rings (SSSR count). The van der Waals surface area contributed by atoms with E-state index in [4.69, 9.17) is 0 Å². The third kappa shape index (κ3) is 3.82. The van der Waals surface area contributed by atoms with Gasteiger partial charge in [0.15, 0.2) is 0 Å².